The third kappa shape index (κ3) is 4.50. The maximum absolute atomic E-state index is 11.6. The zero-order valence-electron chi connectivity index (χ0n) is 9.45. The fourth-order valence-corrected chi connectivity index (χ4v) is 3.14. The van der Waals surface area contributed by atoms with Crippen molar-refractivity contribution < 1.29 is 9.59 Å². The van der Waals surface area contributed by atoms with E-state index in [0.29, 0.717) is 9.47 Å². The van der Waals surface area contributed by atoms with Crippen LogP contribution >= 0.6 is 34.4 Å². The normalized spacial score (nSPS) is 10.1. The van der Waals surface area contributed by atoms with Crippen molar-refractivity contribution in [3.63, 3.8) is 0 Å². The number of hydrogen-bond acceptors (Lipinski definition) is 7. The topological polar surface area (TPSA) is 110 Å². The first-order valence-corrected chi connectivity index (χ1v) is 7.68. The van der Waals surface area contributed by atoms with E-state index in [4.69, 9.17) is 5.73 Å². The summed E-state index contributed by atoms with van der Waals surface area (Å²) in [7, 11) is 0. The number of nitrogens with zero attached hydrogens (tertiary/aromatic N) is 2. The van der Waals surface area contributed by atoms with Crippen LogP contribution in [0.3, 0.4) is 0 Å². The summed E-state index contributed by atoms with van der Waals surface area (Å²) < 4.78 is 0.574. The molecule has 0 bridgehead atoms. The van der Waals surface area contributed by atoms with E-state index in [1.807, 2.05) is 11.4 Å². The van der Waals surface area contributed by atoms with E-state index >= 15 is 0 Å². The zero-order valence-corrected chi connectivity index (χ0v) is 11.9. The Hall–Kier alpha value is -1.65. The van der Waals surface area contributed by atoms with E-state index < -0.39 is 5.91 Å². The van der Waals surface area contributed by atoms with E-state index in [-0.39, 0.29) is 11.8 Å². The number of anilines is 2. The average Bonchev–Trinajstić information content (AvgIpc) is 2.98. The molecule has 0 saturated carbocycles. The first kappa shape index (κ1) is 13.8. The summed E-state index contributed by atoms with van der Waals surface area (Å²) >= 11 is 3.78. The summed E-state index contributed by atoms with van der Waals surface area (Å²) in [5, 5.41) is 15.8. The first-order valence-electron chi connectivity index (χ1n) is 4.99. The van der Waals surface area contributed by atoms with Crippen LogP contribution in [0.1, 0.15) is 0 Å². The number of thiophene rings is 1. The summed E-state index contributed by atoms with van der Waals surface area (Å²) in [5.41, 5.74) is 5.02. The predicted octanol–water partition coefficient (Wildman–Crippen LogP) is 1.82. The lowest BCUT2D eigenvalue weighted by Gasteiger charge is -2.01. The second-order valence-electron chi connectivity index (χ2n) is 3.18. The number of amides is 3. The second-order valence-corrected chi connectivity index (χ2v) is 6.33. The van der Waals surface area contributed by atoms with Gasteiger partial charge in [-0.3, -0.25) is 15.4 Å². The van der Waals surface area contributed by atoms with E-state index in [9.17, 15) is 9.59 Å². The molecule has 0 radical (unpaired) electrons. The van der Waals surface area contributed by atoms with Crippen molar-refractivity contribution in [2.24, 2.45) is 5.73 Å². The Labute approximate surface area is 120 Å². The van der Waals surface area contributed by atoms with Gasteiger partial charge in [0.25, 0.3) is 0 Å². The molecule has 2 aromatic heterocycles. The number of nitrogens with one attached hydrogen (secondary N) is 2. The first-order chi connectivity index (χ1) is 9.13. The van der Waals surface area contributed by atoms with Crippen LogP contribution in [0.4, 0.5) is 14.9 Å². The number of thioether (sulfide) groups is 1. The number of aromatic nitrogens is 2. The van der Waals surface area contributed by atoms with Gasteiger partial charge < -0.3 is 5.73 Å². The van der Waals surface area contributed by atoms with Crippen molar-refractivity contribution in [2.45, 2.75) is 4.34 Å². The maximum Gasteiger partial charge on any atom is 0.326 e. The van der Waals surface area contributed by atoms with Crippen LogP contribution < -0.4 is 16.4 Å². The van der Waals surface area contributed by atoms with Crippen LogP contribution in [-0.4, -0.2) is 27.9 Å². The number of hydrogen-bond donors (Lipinski definition) is 3. The molecule has 7 nitrogen and oxygen atoms in total. The second kappa shape index (κ2) is 6.50. The van der Waals surface area contributed by atoms with Crippen LogP contribution in [-0.2, 0) is 4.79 Å². The summed E-state index contributed by atoms with van der Waals surface area (Å²) in [6, 6.07) is 3.24. The summed E-state index contributed by atoms with van der Waals surface area (Å²) in [5.74, 6) is -0.291. The number of nitrogens with two attached hydrogens (primary N) is 1. The summed E-state index contributed by atoms with van der Waals surface area (Å²) in [6.07, 6.45) is 0. The lowest BCUT2D eigenvalue weighted by molar-refractivity contribution is -0.115. The van der Waals surface area contributed by atoms with Crippen LogP contribution in [0.2, 0.25) is 0 Å². The maximum atomic E-state index is 11.6. The number of carbonyl (C=O) groups is 2. The van der Waals surface area contributed by atoms with Crippen molar-refractivity contribution in [3.8, 4) is 0 Å². The fourth-order valence-electron chi connectivity index (χ4n) is 1.04. The van der Waals surface area contributed by atoms with Gasteiger partial charge in [-0.15, -0.1) is 21.5 Å². The quantitative estimate of drug-likeness (QED) is 0.576. The molecule has 2 heterocycles. The van der Waals surface area contributed by atoms with Gasteiger partial charge in [-0.1, -0.05) is 23.1 Å². The number of rotatable bonds is 5. The van der Waals surface area contributed by atoms with E-state index in [2.05, 4.69) is 20.8 Å². The highest BCUT2D eigenvalue weighted by atomic mass is 32.2. The fraction of sp³-hybridized carbons (Fsp3) is 0.111. The molecule has 0 spiro atoms. The van der Waals surface area contributed by atoms with Crippen molar-refractivity contribution in [2.75, 3.05) is 16.4 Å². The minimum atomic E-state index is -0.426. The molecule has 0 saturated heterocycles. The molecule has 0 atom stereocenters. The molecule has 3 amide bonds. The number of urea groups is 1. The van der Waals surface area contributed by atoms with Gasteiger partial charge in [0.05, 0.1) is 10.8 Å². The van der Waals surface area contributed by atoms with E-state index in [0.717, 1.165) is 5.00 Å². The molecule has 19 heavy (non-hydrogen) atoms. The van der Waals surface area contributed by atoms with Gasteiger partial charge in [0, 0.05) is 0 Å². The highest BCUT2D eigenvalue weighted by Gasteiger charge is 2.09. The molecular formula is C9H9N5O2S3. The highest BCUT2D eigenvalue weighted by Crippen LogP contribution is 2.25. The van der Waals surface area contributed by atoms with Crippen molar-refractivity contribution >= 4 is 56.5 Å². The SMILES string of the molecule is NC(=O)CSc1nnc(NC(=O)Nc2cccs2)s1. The lowest BCUT2D eigenvalue weighted by atomic mass is 10.6. The Morgan fingerprint density at radius 3 is 2.89 bits per heavy atom. The molecule has 0 fully saturated rings. The Balaban J connectivity index is 1.85. The van der Waals surface area contributed by atoms with Crippen LogP contribution in [0.5, 0.6) is 0 Å². The van der Waals surface area contributed by atoms with E-state index in [1.165, 1.54) is 34.4 Å². The Morgan fingerprint density at radius 2 is 2.21 bits per heavy atom. The van der Waals surface area contributed by atoms with Gasteiger partial charge in [0.1, 0.15) is 0 Å². The van der Waals surface area contributed by atoms with Gasteiger partial charge in [0.15, 0.2) is 4.34 Å². The lowest BCUT2D eigenvalue weighted by Crippen LogP contribution is -2.18. The molecule has 2 aromatic rings. The predicted molar refractivity (Wildman–Crippen MR) is 76.8 cm³/mol. The Bertz CT molecular complexity index is 568. The van der Waals surface area contributed by atoms with Gasteiger partial charge in [0.2, 0.25) is 11.0 Å². The highest BCUT2D eigenvalue weighted by molar-refractivity contribution is 8.01. The Morgan fingerprint density at radius 1 is 1.37 bits per heavy atom. The zero-order chi connectivity index (χ0) is 13.7. The smallest absolute Gasteiger partial charge is 0.326 e. The van der Waals surface area contributed by atoms with Gasteiger partial charge >= 0.3 is 6.03 Å². The molecule has 4 N–H and O–H groups in total. The standard InChI is InChI=1S/C9H9N5O2S3/c10-5(15)4-18-9-14-13-8(19-9)12-7(16)11-6-2-1-3-17-6/h1-3H,4H2,(H2,10,15)(H2,11,12,13,16). The molecule has 0 aliphatic rings. The number of carbonyl (C=O) groups excluding carboxylic acids is 2. The van der Waals surface area contributed by atoms with Crippen molar-refractivity contribution in [3.05, 3.63) is 17.5 Å². The molecule has 100 valence electrons. The van der Waals surface area contributed by atoms with Crippen molar-refractivity contribution in [1.29, 1.82) is 0 Å². The molecular weight excluding hydrogens is 306 g/mol. The third-order valence-electron chi connectivity index (χ3n) is 1.72. The average molecular weight is 315 g/mol. The van der Waals surface area contributed by atoms with E-state index in [1.54, 1.807) is 6.07 Å². The molecule has 10 heteroatoms. The largest absolute Gasteiger partial charge is 0.369 e. The minimum absolute atomic E-state index is 0.135. The van der Waals surface area contributed by atoms with Crippen LogP contribution in [0.15, 0.2) is 21.9 Å². The molecule has 2 rings (SSSR count). The number of primary amides is 1. The minimum Gasteiger partial charge on any atom is -0.369 e. The van der Waals surface area contributed by atoms with Gasteiger partial charge in [-0.2, -0.15) is 0 Å². The molecule has 0 aromatic carbocycles. The summed E-state index contributed by atoms with van der Waals surface area (Å²) in [4.78, 5) is 22.2. The molecule has 0 aliphatic carbocycles. The van der Waals surface area contributed by atoms with Crippen LogP contribution in [0.25, 0.3) is 0 Å². The Kier molecular flexibility index (Phi) is 4.71. The van der Waals surface area contributed by atoms with Gasteiger partial charge in [-0.25, -0.2) is 4.79 Å². The van der Waals surface area contributed by atoms with Crippen molar-refractivity contribution in [1.82, 2.24) is 10.2 Å². The van der Waals surface area contributed by atoms with Gasteiger partial charge in [-0.05, 0) is 17.5 Å². The molecule has 0 unspecified atom stereocenters. The summed E-state index contributed by atoms with van der Waals surface area (Å²) in [6.45, 7) is 0. The molecule has 0 aliphatic heterocycles. The van der Waals surface area contributed by atoms with Crippen LogP contribution in [0, 0.1) is 0 Å². The third-order valence-corrected chi connectivity index (χ3v) is 4.50. The monoisotopic (exact) mass is 315 g/mol.